The monoisotopic (exact) mass is 669 g/mol. The van der Waals surface area contributed by atoms with Gasteiger partial charge in [0.2, 0.25) is 5.95 Å². The quantitative estimate of drug-likeness (QED) is 0.106. The highest BCUT2D eigenvalue weighted by Crippen LogP contribution is 2.40. The van der Waals surface area contributed by atoms with Crippen LogP contribution in [-0.2, 0) is 13.0 Å². The number of imidazole rings is 1. The molecule has 1 aliphatic carbocycles. The third kappa shape index (κ3) is 6.89. The third-order valence-corrected chi connectivity index (χ3v) is 9.18. The van der Waals surface area contributed by atoms with Crippen LogP contribution in [0.25, 0.3) is 11.2 Å². The second kappa shape index (κ2) is 14.1. The van der Waals surface area contributed by atoms with Crippen LogP contribution in [0, 0.1) is 0 Å². The summed E-state index contributed by atoms with van der Waals surface area (Å²) in [7, 11) is 0. The van der Waals surface area contributed by atoms with Crippen molar-refractivity contribution < 1.29 is 25.2 Å². The van der Waals surface area contributed by atoms with Crippen LogP contribution in [0.15, 0.2) is 73.6 Å². The number of fused-ring (bicyclic) bond motifs is 1. The molecule has 0 spiro atoms. The molecule has 2 amide bonds. The molecule has 2 aliphatic rings. The number of nitrogens with one attached hydrogen (secondary N) is 3. The SMILES string of the molecule is O=C(Nc1cccnc1)NC1CCN(c2nc(NC(CO)Cc3ccccc3)c3ncn(C4CC(n5cc(CO)cn5)C(O)C4O)c3n2)C1. The molecule has 6 atom stereocenters. The molecule has 2 fully saturated rings. The first-order chi connectivity index (χ1) is 23.9. The number of carbonyl (C=O) groups is 1. The number of nitrogens with zero attached hydrogens (tertiary/aromatic N) is 8. The van der Waals surface area contributed by atoms with Crippen LogP contribution in [0.1, 0.15) is 36.1 Å². The summed E-state index contributed by atoms with van der Waals surface area (Å²) in [4.78, 5) is 33.2. The molecule has 1 saturated carbocycles. The highest BCUT2D eigenvalue weighted by molar-refractivity contribution is 5.89. The van der Waals surface area contributed by atoms with Gasteiger partial charge < -0.3 is 45.8 Å². The highest BCUT2D eigenvalue weighted by atomic mass is 16.3. The van der Waals surface area contributed by atoms with Crippen LogP contribution < -0.4 is 20.9 Å². The summed E-state index contributed by atoms with van der Waals surface area (Å²) in [5.41, 5.74) is 3.13. The van der Waals surface area contributed by atoms with E-state index in [2.05, 4.69) is 31.0 Å². The topological polar surface area (TPSA) is 212 Å². The Hall–Kier alpha value is -5.16. The maximum Gasteiger partial charge on any atom is 0.319 e. The number of amides is 2. The minimum absolute atomic E-state index is 0.160. The van der Waals surface area contributed by atoms with Gasteiger partial charge in [0.05, 0.1) is 55.7 Å². The molecule has 4 aromatic heterocycles. The summed E-state index contributed by atoms with van der Waals surface area (Å²) in [6.07, 6.45) is 7.23. The Morgan fingerprint density at radius 2 is 1.84 bits per heavy atom. The van der Waals surface area contributed by atoms with Crippen LogP contribution in [-0.4, -0.2) is 105 Å². The molecular weight excluding hydrogens is 630 g/mol. The maximum absolute atomic E-state index is 12.7. The zero-order chi connectivity index (χ0) is 33.9. The molecule has 0 bridgehead atoms. The van der Waals surface area contributed by atoms with E-state index in [1.807, 2.05) is 35.2 Å². The number of anilines is 3. The molecule has 1 saturated heterocycles. The van der Waals surface area contributed by atoms with Gasteiger partial charge in [0.1, 0.15) is 12.2 Å². The van der Waals surface area contributed by atoms with E-state index >= 15 is 0 Å². The first kappa shape index (κ1) is 32.4. The Balaban J connectivity index is 1.17. The van der Waals surface area contributed by atoms with Crippen molar-refractivity contribution in [2.45, 2.75) is 62.2 Å². The normalized spacial score (nSPS) is 22.8. The van der Waals surface area contributed by atoms with Crippen LogP contribution in [0.5, 0.6) is 0 Å². The van der Waals surface area contributed by atoms with E-state index in [1.54, 1.807) is 46.3 Å². The Bertz CT molecular complexity index is 1870. The van der Waals surface area contributed by atoms with Crippen molar-refractivity contribution in [3.63, 3.8) is 0 Å². The van der Waals surface area contributed by atoms with Crippen molar-refractivity contribution in [1.82, 2.24) is 39.6 Å². The number of benzene rings is 1. The highest BCUT2D eigenvalue weighted by Gasteiger charge is 2.44. The largest absolute Gasteiger partial charge is 0.394 e. The molecule has 6 unspecified atom stereocenters. The van der Waals surface area contributed by atoms with Crippen LogP contribution >= 0.6 is 0 Å². The van der Waals surface area contributed by atoms with Gasteiger partial charge in [-0.25, -0.2) is 9.78 Å². The van der Waals surface area contributed by atoms with Crippen molar-refractivity contribution in [3.05, 3.63) is 84.7 Å². The van der Waals surface area contributed by atoms with Crippen molar-refractivity contribution in [2.24, 2.45) is 0 Å². The summed E-state index contributed by atoms with van der Waals surface area (Å²) < 4.78 is 3.33. The number of aromatic nitrogens is 7. The van der Waals surface area contributed by atoms with Crippen molar-refractivity contribution in [3.8, 4) is 0 Å². The maximum atomic E-state index is 12.7. The molecule has 49 heavy (non-hydrogen) atoms. The molecule has 16 nitrogen and oxygen atoms in total. The Morgan fingerprint density at radius 3 is 2.59 bits per heavy atom. The Kier molecular flexibility index (Phi) is 9.34. The lowest BCUT2D eigenvalue weighted by Crippen LogP contribution is -2.40. The lowest BCUT2D eigenvalue weighted by atomic mass is 10.1. The average Bonchev–Trinajstić information content (AvgIpc) is 3.93. The number of aliphatic hydroxyl groups is 4. The van der Waals surface area contributed by atoms with Gasteiger partial charge in [-0.1, -0.05) is 30.3 Å². The summed E-state index contributed by atoms with van der Waals surface area (Å²) >= 11 is 0. The first-order valence-corrected chi connectivity index (χ1v) is 16.3. The van der Waals surface area contributed by atoms with E-state index in [1.165, 1.54) is 6.20 Å². The lowest BCUT2D eigenvalue weighted by molar-refractivity contribution is 0.00720. The fourth-order valence-corrected chi connectivity index (χ4v) is 6.66. The summed E-state index contributed by atoms with van der Waals surface area (Å²) in [5.74, 6) is 0.818. The van der Waals surface area contributed by atoms with Gasteiger partial charge in [-0.3, -0.25) is 9.67 Å². The molecule has 5 heterocycles. The number of carbonyl (C=O) groups excluding carboxylic acids is 1. The zero-order valence-corrected chi connectivity index (χ0v) is 26.6. The van der Waals surface area contributed by atoms with Crippen molar-refractivity contribution in [1.29, 1.82) is 0 Å². The molecule has 1 aromatic carbocycles. The van der Waals surface area contributed by atoms with Gasteiger partial charge in [-0.05, 0) is 37.0 Å². The van der Waals surface area contributed by atoms with E-state index in [4.69, 9.17) is 9.97 Å². The third-order valence-electron chi connectivity index (χ3n) is 9.18. The van der Waals surface area contributed by atoms with Crippen LogP contribution in [0.4, 0.5) is 22.2 Å². The Morgan fingerprint density at radius 1 is 1.00 bits per heavy atom. The molecule has 16 heteroatoms. The number of rotatable bonds is 11. The van der Waals surface area contributed by atoms with Crippen molar-refractivity contribution >= 4 is 34.6 Å². The molecule has 256 valence electrons. The zero-order valence-electron chi connectivity index (χ0n) is 26.6. The van der Waals surface area contributed by atoms with E-state index in [0.29, 0.717) is 66.5 Å². The minimum Gasteiger partial charge on any atom is -0.394 e. The second-order valence-corrected chi connectivity index (χ2v) is 12.5. The van der Waals surface area contributed by atoms with Gasteiger partial charge in [-0.2, -0.15) is 15.1 Å². The van der Waals surface area contributed by atoms with Gasteiger partial charge in [0.15, 0.2) is 17.0 Å². The molecule has 5 aromatic rings. The van der Waals surface area contributed by atoms with E-state index in [-0.39, 0.29) is 31.3 Å². The molecular formula is C33H39N11O5. The van der Waals surface area contributed by atoms with Gasteiger partial charge >= 0.3 is 6.03 Å². The number of urea groups is 1. The molecule has 1 aliphatic heterocycles. The fourth-order valence-electron chi connectivity index (χ4n) is 6.66. The standard InChI is InChI=1S/C33H39N11O5/c45-17-21-13-36-44(15-21)26-12-25(28(47)29(26)48)43-19-35-27-30(37-24(18-46)11-20-5-2-1-3-6-20)40-32(41-31(27)43)42-10-8-23(16-42)39-33(49)38-22-7-4-9-34-14-22/h1-7,9,13-15,19,23-26,28-29,45-48H,8,10-12,16-18H2,(H,37,40,41)(H2,38,39,49). The van der Waals surface area contributed by atoms with Crippen LogP contribution in [0.3, 0.4) is 0 Å². The number of aliphatic hydroxyl groups excluding tert-OH is 4. The van der Waals surface area contributed by atoms with Gasteiger partial charge in [-0.15, -0.1) is 0 Å². The first-order valence-electron chi connectivity index (χ1n) is 16.3. The number of pyridine rings is 1. The van der Waals surface area contributed by atoms with Gasteiger partial charge in [0, 0.05) is 37.1 Å². The lowest BCUT2D eigenvalue weighted by Gasteiger charge is -2.22. The fraction of sp³-hybridized carbons (Fsp3) is 0.394. The molecule has 7 rings (SSSR count). The Labute approximate surface area is 281 Å². The summed E-state index contributed by atoms with van der Waals surface area (Å²) in [6.45, 7) is 0.681. The predicted molar refractivity (Wildman–Crippen MR) is 180 cm³/mol. The van der Waals surface area contributed by atoms with E-state index < -0.39 is 24.3 Å². The average molecular weight is 670 g/mol. The van der Waals surface area contributed by atoms with E-state index in [9.17, 15) is 25.2 Å². The summed E-state index contributed by atoms with van der Waals surface area (Å²) in [5, 5.41) is 55.7. The van der Waals surface area contributed by atoms with Crippen LogP contribution in [0.2, 0.25) is 0 Å². The smallest absolute Gasteiger partial charge is 0.319 e. The number of hydrogen-bond donors (Lipinski definition) is 7. The van der Waals surface area contributed by atoms with E-state index in [0.717, 1.165) is 5.56 Å². The molecule has 0 radical (unpaired) electrons. The van der Waals surface area contributed by atoms with Crippen molar-refractivity contribution in [2.75, 3.05) is 35.2 Å². The summed E-state index contributed by atoms with van der Waals surface area (Å²) in [6, 6.07) is 11.3. The van der Waals surface area contributed by atoms with Gasteiger partial charge in [0.25, 0.3) is 0 Å². The number of hydrogen-bond acceptors (Lipinski definition) is 12. The predicted octanol–water partition coefficient (Wildman–Crippen LogP) is 1.23. The minimum atomic E-state index is -1.15. The second-order valence-electron chi connectivity index (χ2n) is 12.5. The molecule has 7 N–H and O–H groups in total.